The van der Waals surface area contributed by atoms with E-state index in [2.05, 4.69) is 53.6 Å². The van der Waals surface area contributed by atoms with E-state index in [1.807, 2.05) is 30.8 Å². The monoisotopic (exact) mass is 499 g/mol. The molecule has 1 atom stereocenters. The van der Waals surface area contributed by atoms with Crippen LogP contribution >= 0.6 is 24.0 Å². The Morgan fingerprint density at radius 2 is 2.07 bits per heavy atom. The Balaban J connectivity index is 0.00000392. The summed E-state index contributed by atoms with van der Waals surface area (Å²) in [6, 6.07) is 8.51. The minimum absolute atomic E-state index is 0. The first-order valence-corrected chi connectivity index (χ1v) is 9.62. The predicted octanol–water partition coefficient (Wildman–Crippen LogP) is 3.39. The number of aliphatic imine (C=N–C) groups is 1. The van der Waals surface area contributed by atoms with Gasteiger partial charge in [0.05, 0.1) is 12.3 Å². The fourth-order valence-corrected chi connectivity index (χ4v) is 3.18. The van der Waals surface area contributed by atoms with Gasteiger partial charge in [0.1, 0.15) is 5.75 Å². The number of hydrogen-bond donors (Lipinski definition) is 2. The van der Waals surface area contributed by atoms with Gasteiger partial charge in [-0.2, -0.15) is 5.10 Å². The lowest BCUT2D eigenvalue weighted by Gasteiger charge is -2.18. The van der Waals surface area contributed by atoms with Crippen LogP contribution in [0.5, 0.6) is 5.75 Å². The van der Waals surface area contributed by atoms with E-state index in [0.717, 1.165) is 36.8 Å². The lowest BCUT2D eigenvalue weighted by atomic mass is 10.1. The van der Waals surface area contributed by atoms with Gasteiger partial charge in [-0.3, -0.25) is 9.67 Å². The molecule has 0 bridgehead atoms. The third-order valence-corrected chi connectivity index (χ3v) is 4.69. The fourth-order valence-electron chi connectivity index (χ4n) is 3.18. The molecule has 0 spiro atoms. The number of aryl methyl sites for hydroxylation is 2. The summed E-state index contributed by atoms with van der Waals surface area (Å²) >= 11 is 0. The van der Waals surface area contributed by atoms with Gasteiger partial charge in [-0.1, -0.05) is 12.1 Å². The van der Waals surface area contributed by atoms with Crippen LogP contribution in [0.1, 0.15) is 36.4 Å². The Morgan fingerprint density at radius 1 is 1.32 bits per heavy atom. The lowest BCUT2D eigenvalue weighted by molar-refractivity contribution is 0.340. The molecular weight excluding hydrogens is 465 g/mol. The highest BCUT2D eigenvalue weighted by Crippen LogP contribution is 2.14. The highest BCUT2D eigenvalue weighted by Gasteiger charge is 2.13. The molecule has 6 nitrogen and oxygen atoms in total. The quantitative estimate of drug-likeness (QED) is 0.332. The van der Waals surface area contributed by atoms with Crippen LogP contribution in [0.3, 0.4) is 0 Å². The van der Waals surface area contributed by atoms with Crippen molar-refractivity contribution in [2.24, 2.45) is 12.0 Å². The summed E-state index contributed by atoms with van der Waals surface area (Å²) in [7, 11) is 3.79. The van der Waals surface area contributed by atoms with Gasteiger partial charge in [-0.25, -0.2) is 0 Å². The molecule has 0 radical (unpaired) electrons. The maximum Gasteiger partial charge on any atom is 0.191 e. The van der Waals surface area contributed by atoms with Crippen molar-refractivity contribution in [3.8, 4) is 5.75 Å². The third-order valence-electron chi connectivity index (χ3n) is 4.69. The first kappa shape index (κ1) is 24.3. The van der Waals surface area contributed by atoms with Gasteiger partial charge in [0.15, 0.2) is 5.96 Å². The Morgan fingerprint density at radius 3 is 2.68 bits per heavy atom. The number of aromatic nitrogens is 2. The summed E-state index contributed by atoms with van der Waals surface area (Å²) in [6.45, 7) is 9.85. The minimum Gasteiger partial charge on any atom is -0.494 e. The van der Waals surface area contributed by atoms with Gasteiger partial charge in [0.25, 0.3) is 0 Å². The minimum atomic E-state index is 0. The van der Waals surface area contributed by atoms with Crippen LogP contribution in [0.2, 0.25) is 0 Å². The summed E-state index contributed by atoms with van der Waals surface area (Å²) in [5, 5.41) is 11.4. The maximum absolute atomic E-state index is 5.56. The molecule has 0 aliphatic heterocycles. The molecule has 1 aromatic heterocycles. The molecule has 2 rings (SSSR count). The zero-order valence-electron chi connectivity index (χ0n) is 17.9. The smallest absolute Gasteiger partial charge is 0.191 e. The molecule has 2 N–H and O–H groups in total. The molecule has 0 fully saturated rings. The first-order chi connectivity index (χ1) is 12.9. The number of hydrogen-bond acceptors (Lipinski definition) is 3. The Hall–Kier alpha value is -1.77. The number of halogens is 1. The van der Waals surface area contributed by atoms with Crippen LogP contribution in [0, 0.1) is 13.8 Å². The highest BCUT2D eigenvalue weighted by molar-refractivity contribution is 14.0. The van der Waals surface area contributed by atoms with Gasteiger partial charge in [-0.05, 0) is 63.8 Å². The second-order valence-corrected chi connectivity index (χ2v) is 6.85. The Kier molecular flexibility index (Phi) is 10.3. The number of guanidine groups is 1. The van der Waals surface area contributed by atoms with Crippen LogP contribution in [-0.2, 0) is 19.9 Å². The normalized spacial score (nSPS) is 12.3. The van der Waals surface area contributed by atoms with Crippen molar-refractivity contribution in [2.45, 2.75) is 46.6 Å². The lowest BCUT2D eigenvalue weighted by Crippen LogP contribution is -2.43. The number of ether oxygens (including phenoxy) is 1. The summed E-state index contributed by atoms with van der Waals surface area (Å²) < 4.78 is 7.51. The number of nitrogens with zero attached hydrogens (tertiary/aromatic N) is 3. The predicted molar refractivity (Wildman–Crippen MR) is 127 cm³/mol. The van der Waals surface area contributed by atoms with Crippen LogP contribution in [0.25, 0.3) is 0 Å². The Bertz CT molecular complexity index is 772. The first-order valence-electron chi connectivity index (χ1n) is 9.62. The largest absolute Gasteiger partial charge is 0.494 e. The van der Waals surface area contributed by atoms with Gasteiger partial charge < -0.3 is 15.4 Å². The van der Waals surface area contributed by atoms with Crippen LogP contribution in [0.4, 0.5) is 0 Å². The molecule has 1 aromatic carbocycles. The molecule has 0 saturated carbocycles. The molecule has 28 heavy (non-hydrogen) atoms. The molecule has 1 heterocycles. The standard InChI is InChI=1S/C21H33N5O.HI/c1-7-27-19-10-8-9-18(14-19)11-12-23-21(22-5)24-15(2)13-20-16(3)25-26(6)17(20)4;/h8-10,14-15H,7,11-13H2,1-6H3,(H2,22,23,24);1H. The van der Waals surface area contributed by atoms with E-state index in [0.29, 0.717) is 6.61 Å². The van der Waals surface area contributed by atoms with Crippen molar-refractivity contribution in [2.75, 3.05) is 20.2 Å². The topological polar surface area (TPSA) is 63.5 Å². The summed E-state index contributed by atoms with van der Waals surface area (Å²) in [5.41, 5.74) is 4.87. The zero-order valence-corrected chi connectivity index (χ0v) is 20.2. The average Bonchev–Trinajstić information content (AvgIpc) is 2.87. The van der Waals surface area contributed by atoms with Crippen LogP contribution in [0.15, 0.2) is 29.3 Å². The van der Waals surface area contributed by atoms with E-state index in [1.54, 1.807) is 7.05 Å². The van der Waals surface area contributed by atoms with Gasteiger partial charge in [0.2, 0.25) is 0 Å². The number of nitrogens with one attached hydrogen (secondary N) is 2. The summed E-state index contributed by atoms with van der Waals surface area (Å²) in [4.78, 5) is 4.35. The second-order valence-electron chi connectivity index (χ2n) is 6.85. The Labute approximate surface area is 186 Å². The molecule has 0 aliphatic rings. The van der Waals surface area contributed by atoms with Crippen molar-refractivity contribution >= 4 is 29.9 Å². The molecule has 0 amide bonds. The molecule has 2 aromatic rings. The SMILES string of the molecule is CCOc1cccc(CCNC(=NC)NC(C)Cc2c(C)nn(C)c2C)c1.I. The molecular formula is C21H34IN5O. The fraction of sp³-hybridized carbons (Fsp3) is 0.524. The molecule has 156 valence electrons. The van der Waals surface area contributed by atoms with Crippen LogP contribution < -0.4 is 15.4 Å². The molecule has 0 saturated heterocycles. The van der Waals surface area contributed by atoms with Crippen molar-refractivity contribution in [3.05, 3.63) is 46.8 Å². The van der Waals surface area contributed by atoms with Crippen molar-refractivity contribution in [3.63, 3.8) is 0 Å². The average molecular weight is 499 g/mol. The molecule has 7 heteroatoms. The zero-order chi connectivity index (χ0) is 19.8. The molecule has 0 aliphatic carbocycles. The van der Waals surface area contributed by atoms with E-state index in [1.165, 1.54) is 16.8 Å². The molecule has 1 unspecified atom stereocenters. The summed E-state index contributed by atoms with van der Waals surface area (Å²) in [5.74, 6) is 1.75. The third kappa shape index (κ3) is 7.00. The highest BCUT2D eigenvalue weighted by atomic mass is 127. The second kappa shape index (κ2) is 11.9. The van der Waals surface area contributed by atoms with Crippen molar-refractivity contribution < 1.29 is 4.74 Å². The number of benzene rings is 1. The van der Waals surface area contributed by atoms with Gasteiger partial charge >= 0.3 is 0 Å². The van der Waals surface area contributed by atoms with Crippen LogP contribution in [-0.4, -0.2) is 42.0 Å². The van der Waals surface area contributed by atoms with Gasteiger partial charge in [-0.15, -0.1) is 24.0 Å². The van der Waals surface area contributed by atoms with E-state index in [4.69, 9.17) is 4.74 Å². The summed E-state index contributed by atoms with van der Waals surface area (Å²) in [6.07, 6.45) is 1.83. The number of rotatable bonds is 8. The maximum atomic E-state index is 5.56. The van der Waals surface area contributed by atoms with E-state index in [-0.39, 0.29) is 30.0 Å². The van der Waals surface area contributed by atoms with Crippen molar-refractivity contribution in [1.29, 1.82) is 0 Å². The van der Waals surface area contributed by atoms with E-state index >= 15 is 0 Å². The van der Waals surface area contributed by atoms with E-state index < -0.39 is 0 Å². The van der Waals surface area contributed by atoms with E-state index in [9.17, 15) is 0 Å². The van der Waals surface area contributed by atoms with Gasteiger partial charge in [0, 0.05) is 32.4 Å². The van der Waals surface area contributed by atoms with Crippen molar-refractivity contribution in [1.82, 2.24) is 20.4 Å².